The van der Waals surface area contributed by atoms with Crippen molar-refractivity contribution in [2.75, 3.05) is 31.9 Å². The number of halogens is 3. The summed E-state index contributed by atoms with van der Waals surface area (Å²) in [5.74, 6) is 0.0647. The molecule has 1 aliphatic rings. The molecular weight excluding hydrogens is 405 g/mol. The Labute approximate surface area is 178 Å². The number of hydrogen-bond donors (Lipinski definition) is 1. The first kappa shape index (κ1) is 23.6. The van der Waals surface area contributed by atoms with Gasteiger partial charge in [-0.2, -0.15) is 0 Å². The molecule has 1 saturated heterocycles. The highest BCUT2D eigenvalue weighted by atomic mass is 35.5. The van der Waals surface area contributed by atoms with Gasteiger partial charge < -0.3 is 10.6 Å². The number of anilines is 1. The first-order chi connectivity index (χ1) is 12.0. The minimum absolute atomic E-state index is 0. The number of carbonyl (C=O) groups excluding carboxylic acids is 1. The molecule has 0 spiro atoms. The number of aryl methyl sites for hydroxylation is 1. The maximum Gasteiger partial charge on any atom is 0.254 e. The zero-order chi connectivity index (χ0) is 18.0. The van der Waals surface area contributed by atoms with Crippen molar-refractivity contribution in [2.24, 2.45) is 0 Å². The first-order valence-electron chi connectivity index (χ1n) is 8.61. The van der Waals surface area contributed by atoms with E-state index in [1.807, 2.05) is 42.2 Å². The van der Waals surface area contributed by atoms with Gasteiger partial charge >= 0.3 is 0 Å². The summed E-state index contributed by atoms with van der Waals surface area (Å²) in [6.07, 6.45) is 0. The van der Waals surface area contributed by atoms with Crippen LogP contribution in [0, 0.1) is 6.92 Å². The van der Waals surface area contributed by atoms with Crippen molar-refractivity contribution in [3.05, 3.63) is 64.2 Å². The maximum absolute atomic E-state index is 12.8. The number of hydrogen-bond acceptors (Lipinski definition) is 3. The standard InChI is InChI=1S/C20H24ClN3O.2ClH/c1-14-7-8-16(22)13-18(14)20(25)24-11-9-23(10-12-24)15(2)17-5-3-4-6-19(17)21;;/h3-8,13,15H,9-12,22H2,1-2H3;2*1H. The van der Waals surface area contributed by atoms with Crippen LogP contribution < -0.4 is 5.73 Å². The fraction of sp³-hybridized carbons (Fsp3) is 0.350. The molecule has 2 aromatic rings. The van der Waals surface area contributed by atoms with Crippen LogP contribution in [0.2, 0.25) is 5.02 Å². The van der Waals surface area contributed by atoms with E-state index in [1.165, 1.54) is 0 Å². The molecule has 7 heteroatoms. The average Bonchev–Trinajstić information content (AvgIpc) is 2.63. The highest BCUT2D eigenvalue weighted by Crippen LogP contribution is 2.28. The summed E-state index contributed by atoms with van der Waals surface area (Å²) < 4.78 is 0. The van der Waals surface area contributed by atoms with E-state index < -0.39 is 0 Å². The normalized spacial score (nSPS) is 15.4. The molecule has 2 aromatic carbocycles. The van der Waals surface area contributed by atoms with Gasteiger partial charge in [0.15, 0.2) is 0 Å². The summed E-state index contributed by atoms with van der Waals surface area (Å²) in [6.45, 7) is 7.20. The number of nitrogen functional groups attached to an aromatic ring is 1. The van der Waals surface area contributed by atoms with Crippen LogP contribution in [0.4, 0.5) is 5.69 Å². The quantitative estimate of drug-likeness (QED) is 0.724. The van der Waals surface area contributed by atoms with Gasteiger partial charge in [-0.25, -0.2) is 0 Å². The molecule has 1 unspecified atom stereocenters. The van der Waals surface area contributed by atoms with Crippen molar-refractivity contribution in [3.63, 3.8) is 0 Å². The average molecular weight is 431 g/mol. The Morgan fingerprint density at radius 2 is 1.70 bits per heavy atom. The van der Waals surface area contributed by atoms with E-state index in [2.05, 4.69) is 17.9 Å². The smallest absolute Gasteiger partial charge is 0.254 e. The lowest BCUT2D eigenvalue weighted by Gasteiger charge is -2.38. The second-order valence-electron chi connectivity index (χ2n) is 6.60. The maximum atomic E-state index is 12.8. The minimum atomic E-state index is 0. The monoisotopic (exact) mass is 429 g/mol. The van der Waals surface area contributed by atoms with E-state index in [4.69, 9.17) is 17.3 Å². The number of nitrogens with zero attached hydrogens (tertiary/aromatic N) is 2. The second kappa shape index (κ2) is 10.2. The van der Waals surface area contributed by atoms with Gasteiger partial charge in [-0.05, 0) is 43.2 Å². The van der Waals surface area contributed by atoms with Crippen LogP contribution in [-0.2, 0) is 0 Å². The first-order valence-corrected chi connectivity index (χ1v) is 8.99. The van der Waals surface area contributed by atoms with Crippen LogP contribution in [-0.4, -0.2) is 41.9 Å². The fourth-order valence-corrected chi connectivity index (χ4v) is 3.66. The number of piperazine rings is 1. The molecule has 1 heterocycles. The Morgan fingerprint density at radius 3 is 2.33 bits per heavy atom. The molecule has 0 saturated carbocycles. The van der Waals surface area contributed by atoms with Crippen molar-refractivity contribution < 1.29 is 4.79 Å². The number of rotatable bonds is 3. The van der Waals surface area contributed by atoms with Crippen molar-refractivity contribution in [1.29, 1.82) is 0 Å². The molecule has 1 amide bonds. The van der Waals surface area contributed by atoms with E-state index in [9.17, 15) is 4.79 Å². The summed E-state index contributed by atoms with van der Waals surface area (Å²) in [4.78, 5) is 17.1. The summed E-state index contributed by atoms with van der Waals surface area (Å²) in [5, 5.41) is 0.795. The van der Waals surface area contributed by atoms with E-state index in [-0.39, 0.29) is 36.8 Å². The molecule has 0 radical (unpaired) electrons. The van der Waals surface area contributed by atoms with Crippen molar-refractivity contribution in [2.45, 2.75) is 19.9 Å². The molecule has 0 bridgehead atoms. The third kappa shape index (κ3) is 5.29. The van der Waals surface area contributed by atoms with Gasteiger partial charge in [-0.1, -0.05) is 35.9 Å². The van der Waals surface area contributed by atoms with Gasteiger partial charge in [-0.15, -0.1) is 24.8 Å². The lowest BCUT2D eigenvalue weighted by atomic mass is 10.0. The van der Waals surface area contributed by atoms with Crippen LogP contribution in [0.25, 0.3) is 0 Å². The largest absolute Gasteiger partial charge is 0.399 e. The molecular formula is C20H26Cl3N3O. The lowest BCUT2D eigenvalue weighted by molar-refractivity contribution is 0.0581. The molecule has 1 aliphatic heterocycles. The molecule has 4 nitrogen and oxygen atoms in total. The Morgan fingerprint density at radius 1 is 1.07 bits per heavy atom. The Hall–Kier alpha value is -1.46. The zero-order valence-electron chi connectivity index (χ0n) is 15.5. The molecule has 0 aliphatic carbocycles. The lowest BCUT2D eigenvalue weighted by Crippen LogP contribution is -2.49. The Bertz CT molecular complexity index is 777. The van der Waals surface area contributed by atoms with Gasteiger partial charge in [0.1, 0.15) is 0 Å². The van der Waals surface area contributed by atoms with Gasteiger partial charge in [0.05, 0.1) is 0 Å². The topological polar surface area (TPSA) is 49.6 Å². The third-order valence-corrected chi connectivity index (χ3v) is 5.34. The summed E-state index contributed by atoms with van der Waals surface area (Å²) in [7, 11) is 0. The minimum Gasteiger partial charge on any atom is -0.399 e. The van der Waals surface area contributed by atoms with Crippen molar-refractivity contribution >= 4 is 48.0 Å². The molecule has 1 atom stereocenters. The molecule has 27 heavy (non-hydrogen) atoms. The van der Waals surface area contributed by atoms with E-state index in [1.54, 1.807) is 6.07 Å². The van der Waals surface area contributed by atoms with Crippen LogP contribution >= 0.6 is 36.4 Å². The highest BCUT2D eigenvalue weighted by molar-refractivity contribution is 6.31. The van der Waals surface area contributed by atoms with Crippen LogP contribution in [0.15, 0.2) is 42.5 Å². The van der Waals surface area contributed by atoms with Gasteiger partial charge in [-0.3, -0.25) is 9.69 Å². The van der Waals surface area contributed by atoms with E-state index >= 15 is 0 Å². The second-order valence-corrected chi connectivity index (χ2v) is 7.01. The van der Waals surface area contributed by atoms with E-state index in [0.29, 0.717) is 24.3 Å². The van der Waals surface area contributed by atoms with Crippen LogP contribution in [0.5, 0.6) is 0 Å². The predicted molar refractivity (Wildman–Crippen MR) is 117 cm³/mol. The molecule has 0 aromatic heterocycles. The van der Waals surface area contributed by atoms with Crippen molar-refractivity contribution in [1.82, 2.24) is 9.80 Å². The van der Waals surface area contributed by atoms with Gasteiger partial charge in [0.25, 0.3) is 5.91 Å². The van der Waals surface area contributed by atoms with E-state index in [0.717, 1.165) is 29.2 Å². The summed E-state index contributed by atoms with van der Waals surface area (Å²) in [5.41, 5.74) is 9.27. The summed E-state index contributed by atoms with van der Waals surface area (Å²) >= 11 is 6.33. The van der Waals surface area contributed by atoms with Crippen LogP contribution in [0.3, 0.4) is 0 Å². The summed E-state index contributed by atoms with van der Waals surface area (Å²) in [6, 6.07) is 13.7. The molecule has 2 N–H and O–H groups in total. The van der Waals surface area contributed by atoms with Crippen molar-refractivity contribution in [3.8, 4) is 0 Å². The predicted octanol–water partition coefficient (Wildman–Crippen LogP) is 4.59. The molecule has 148 valence electrons. The van der Waals surface area contributed by atoms with Crippen LogP contribution in [0.1, 0.15) is 34.5 Å². The number of carbonyl (C=O) groups is 1. The zero-order valence-corrected chi connectivity index (χ0v) is 17.9. The third-order valence-electron chi connectivity index (χ3n) is 5.00. The van der Waals surface area contributed by atoms with Gasteiger partial charge in [0, 0.05) is 48.5 Å². The number of benzene rings is 2. The number of nitrogens with two attached hydrogens (primary N) is 1. The number of amides is 1. The Kier molecular flexibility index (Phi) is 8.89. The molecule has 1 fully saturated rings. The Balaban J connectivity index is 0.00000182. The molecule has 3 rings (SSSR count). The highest BCUT2D eigenvalue weighted by Gasteiger charge is 2.26. The SMILES string of the molecule is Cc1ccc(N)cc1C(=O)N1CCN(C(C)c2ccccc2Cl)CC1.Cl.Cl. The fourth-order valence-electron chi connectivity index (χ4n) is 3.36. The van der Waals surface area contributed by atoms with Gasteiger partial charge in [0.2, 0.25) is 0 Å².